The van der Waals surface area contributed by atoms with Crippen LogP contribution < -0.4 is 9.04 Å². The Balaban J connectivity index is 1.59. The Morgan fingerprint density at radius 1 is 1.03 bits per heavy atom. The van der Waals surface area contributed by atoms with E-state index < -0.39 is 0 Å². The van der Waals surface area contributed by atoms with Crippen LogP contribution in [0.3, 0.4) is 0 Å². The molecule has 1 heterocycles. The number of rotatable bonds is 6. The summed E-state index contributed by atoms with van der Waals surface area (Å²) >= 11 is 1.63. The molecule has 30 heavy (non-hydrogen) atoms. The van der Waals surface area contributed by atoms with E-state index in [0.29, 0.717) is 17.7 Å². The highest BCUT2D eigenvalue weighted by Gasteiger charge is 2.28. The molecule has 3 aromatic rings. The van der Waals surface area contributed by atoms with Crippen molar-refractivity contribution in [3.63, 3.8) is 0 Å². The highest BCUT2D eigenvalue weighted by atomic mass is 32.2. The molecule has 0 saturated carbocycles. The summed E-state index contributed by atoms with van der Waals surface area (Å²) in [6.45, 7) is 2.06. The van der Waals surface area contributed by atoms with Crippen LogP contribution in [0.1, 0.15) is 29.5 Å². The molecule has 0 spiro atoms. The van der Waals surface area contributed by atoms with Crippen molar-refractivity contribution in [2.24, 2.45) is 0 Å². The summed E-state index contributed by atoms with van der Waals surface area (Å²) in [6.07, 6.45) is 3.22. The van der Waals surface area contributed by atoms with E-state index in [2.05, 4.69) is 35.5 Å². The highest BCUT2D eigenvalue weighted by molar-refractivity contribution is 8.00. The van der Waals surface area contributed by atoms with Crippen molar-refractivity contribution in [3.05, 3.63) is 89.0 Å². The third kappa shape index (κ3) is 4.62. The number of hydrogen-bond donors (Lipinski definition) is 0. The van der Waals surface area contributed by atoms with Crippen molar-refractivity contribution >= 4 is 17.6 Å². The first-order chi connectivity index (χ1) is 14.5. The number of methoxy groups -OCH3 is 1. The maximum atomic E-state index is 14.3. The second kappa shape index (κ2) is 9.09. The molecule has 4 rings (SSSR count). The molecule has 0 radical (unpaired) electrons. The van der Waals surface area contributed by atoms with Gasteiger partial charge >= 0.3 is 0 Å². The van der Waals surface area contributed by atoms with Crippen LogP contribution in [-0.2, 0) is 12.8 Å². The molecular weight excluding hydrogens is 400 g/mol. The van der Waals surface area contributed by atoms with Gasteiger partial charge in [-0.2, -0.15) is 0 Å². The maximum Gasteiger partial charge on any atom is 0.126 e. The first kappa shape index (κ1) is 20.7. The molecule has 2 nitrogen and oxygen atoms in total. The molecule has 1 unspecified atom stereocenters. The van der Waals surface area contributed by atoms with Crippen molar-refractivity contribution in [2.45, 2.75) is 43.5 Å². The number of benzene rings is 3. The summed E-state index contributed by atoms with van der Waals surface area (Å²) in [7, 11) is 1.59. The molecule has 0 saturated heterocycles. The fourth-order valence-electron chi connectivity index (χ4n) is 3.88. The average Bonchev–Trinajstić information content (AvgIpc) is 2.75. The summed E-state index contributed by atoms with van der Waals surface area (Å²) in [4.78, 5) is 1.11. The van der Waals surface area contributed by atoms with E-state index in [1.807, 2.05) is 6.07 Å². The minimum atomic E-state index is -0.234. The lowest BCUT2D eigenvalue weighted by molar-refractivity contribution is 0.412. The van der Waals surface area contributed by atoms with Gasteiger partial charge in [-0.05, 0) is 98.1 Å². The van der Waals surface area contributed by atoms with Crippen molar-refractivity contribution in [1.82, 2.24) is 0 Å². The molecule has 1 aliphatic heterocycles. The van der Waals surface area contributed by atoms with Gasteiger partial charge in [0, 0.05) is 10.9 Å². The van der Waals surface area contributed by atoms with Crippen molar-refractivity contribution in [1.29, 1.82) is 0 Å². The van der Waals surface area contributed by atoms with Gasteiger partial charge in [0.1, 0.15) is 17.4 Å². The molecule has 0 bridgehead atoms. The number of nitrogens with zero attached hydrogens (tertiary/aromatic N) is 1. The smallest absolute Gasteiger partial charge is 0.126 e. The highest BCUT2D eigenvalue weighted by Crippen LogP contribution is 2.40. The van der Waals surface area contributed by atoms with Crippen molar-refractivity contribution in [2.75, 3.05) is 11.4 Å². The second-order valence-corrected chi connectivity index (χ2v) is 8.74. The molecule has 5 heteroatoms. The minimum Gasteiger partial charge on any atom is -0.497 e. The van der Waals surface area contributed by atoms with Crippen LogP contribution in [0.2, 0.25) is 0 Å². The zero-order chi connectivity index (χ0) is 21.1. The first-order valence-corrected chi connectivity index (χ1v) is 11.0. The number of aryl methyl sites for hydroxylation is 3. The average molecular weight is 426 g/mol. The second-order valence-electron chi connectivity index (χ2n) is 7.69. The number of ether oxygens (including phenoxy) is 1. The first-order valence-electron chi connectivity index (χ1n) is 10.2. The van der Waals surface area contributed by atoms with Gasteiger partial charge in [-0.25, -0.2) is 8.78 Å². The zero-order valence-electron chi connectivity index (χ0n) is 17.2. The van der Waals surface area contributed by atoms with Crippen LogP contribution in [0, 0.1) is 18.6 Å². The third-order valence-electron chi connectivity index (χ3n) is 5.59. The van der Waals surface area contributed by atoms with Crippen LogP contribution in [0.5, 0.6) is 5.75 Å². The Kier molecular flexibility index (Phi) is 6.28. The summed E-state index contributed by atoms with van der Waals surface area (Å²) in [5.41, 5.74) is 3.93. The number of halogens is 2. The Bertz CT molecular complexity index is 1020. The normalized spacial score (nSPS) is 15.7. The minimum absolute atomic E-state index is 0.177. The van der Waals surface area contributed by atoms with Gasteiger partial charge < -0.3 is 9.04 Å². The maximum absolute atomic E-state index is 14.3. The third-order valence-corrected chi connectivity index (χ3v) is 6.76. The Morgan fingerprint density at radius 3 is 2.60 bits per heavy atom. The van der Waals surface area contributed by atoms with Gasteiger partial charge in [0.15, 0.2) is 0 Å². The molecule has 0 amide bonds. The largest absolute Gasteiger partial charge is 0.497 e. The van der Waals surface area contributed by atoms with Gasteiger partial charge in [0.2, 0.25) is 0 Å². The van der Waals surface area contributed by atoms with Crippen molar-refractivity contribution in [3.8, 4) is 5.75 Å². The topological polar surface area (TPSA) is 12.5 Å². The predicted octanol–water partition coefficient (Wildman–Crippen LogP) is 6.74. The molecule has 0 N–H and O–H groups in total. The number of anilines is 1. The van der Waals surface area contributed by atoms with E-state index in [9.17, 15) is 8.78 Å². The van der Waals surface area contributed by atoms with E-state index in [4.69, 9.17) is 4.74 Å². The lowest BCUT2D eigenvalue weighted by Crippen LogP contribution is -2.34. The molecule has 1 aliphatic rings. The van der Waals surface area contributed by atoms with E-state index >= 15 is 0 Å². The fraction of sp³-hybridized carbons (Fsp3) is 0.280. The number of hydrogen-bond acceptors (Lipinski definition) is 3. The predicted molar refractivity (Wildman–Crippen MR) is 119 cm³/mol. The van der Waals surface area contributed by atoms with Crippen LogP contribution in [0.4, 0.5) is 14.5 Å². The molecule has 3 aromatic carbocycles. The van der Waals surface area contributed by atoms with Gasteiger partial charge in [0.25, 0.3) is 0 Å². The molecule has 156 valence electrons. The van der Waals surface area contributed by atoms with E-state index in [-0.39, 0.29) is 17.7 Å². The molecule has 1 atom stereocenters. The van der Waals surface area contributed by atoms with E-state index in [1.54, 1.807) is 37.3 Å². The summed E-state index contributed by atoms with van der Waals surface area (Å²) in [6, 6.07) is 18.4. The lowest BCUT2D eigenvalue weighted by atomic mass is 9.94. The summed E-state index contributed by atoms with van der Waals surface area (Å²) in [5.74, 6) is 0.215. The van der Waals surface area contributed by atoms with Crippen LogP contribution >= 0.6 is 11.9 Å². The van der Waals surface area contributed by atoms with Gasteiger partial charge in [-0.3, -0.25) is 0 Å². The summed E-state index contributed by atoms with van der Waals surface area (Å²) in [5, 5.41) is 0. The standard InChI is InChI=1S/C25H25F2NOS/c1-17-3-12-23(13-4-17)30-28-21(9-6-18-5-8-20(26)16-25(18)28)10-7-19-15-22(29-2)11-14-24(19)27/h3-5,8,11-16,21H,6-7,9-10H2,1-2H3. The lowest BCUT2D eigenvalue weighted by Gasteiger charge is -2.38. The molecule has 0 aliphatic carbocycles. The van der Waals surface area contributed by atoms with Gasteiger partial charge in [0.05, 0.1) is 12.8 Å². The zero-order valence-corrected chi connectivity index (χ0v) is 18.0. The molecule has 0 aromatic heterocycles. The SMILES string of the molecule is COc1ccc(F)c(CCC2CCc3ccc(F)cc3N2Sc2ccc(C)cc2)c1. The van der Waals surface area contributed by atoms with Gasteiger partial charge in [-0.15, -0.1) is 0 Å². The van der Waals surface area contributed by atoms with E-state index in [1.165, 1.54) is 17.7 Å². The van der Waals surface area contributed by atoms with Crippen molar-refractivity contribution < 1.29 is 13.5 Å². The molecular formula is C25H25F2NOS. The molecule has 0 fully saturated rings. The number of fused-ring (bicyclic) bond motifs is 1. The van der Waals surface area contributed by atoms with Gasteiger partial charge in [-0.1, -0.05) is 23.8 Å². The Labute approximate surface area is 181 Å². The quantitative estimate of drug-likeness (QED) is 0.406. The van der Waals surface area contributed by atoms with Crippen LogP contribution in [-0.4, -0.2) is 13.2 Å². The Hall–Kier alpha value is -2.53. The van der Waals surface area contributed by atoms with Crippen LogP contribution in [0.15, 0.2) is 65.6 Å². The fourth-order valence-corrected chi connectivity index (χ4v) is 4.99. The van der Waals surface area contributed by atoms with Crippen LogP contribution in [0.25, 0.3) is 0 Å². The summed E-state index contributed by atoms with van der Waals surface area (Å²) < 4.78 is 35.8. The van der Waals surface area contributed by atoms with E-state index in [0.717, 1.165) is 35.4 Å². The monoisotopic (exact) mass is 425 g/mol. The Morgan fingerprint density at radius 2 is 1.83 bits per heavy atom.